The van der Waals surface area contributed by atoms with Gasteiger partial charge in [0.05, 0.1) is 36.5 Å². The van der Waals surface area contributed by atoms with E-state index in [0.29, 0.717) is 22.1 Å². The summed E-state index contributed by atoms with van der Waals surface area (Å²) >= 11 is 2.69. The van der Waals surface area contributed by atoms with Gasteiger partial charge in [-0.25, -0.2) is 9.37 Å². The van der Waals surface area contributed by atoms with Crippen molar-refractivity contribution in [1.29, 1.82) is 0 Å². The molecule has 140 valence electrons. The van der Waals surface area contributed by atoms with Crippen molar-refractivity contribution in [3.8, 4) is 22.1 Å². The quantitative estimate of drug-likeness (QED) is 0.306. The van der Waals surface area contributed by atoms with E-state index in [4.69, 9.17) is 9.47 Å². The molecule has 6 nitrogen and oxygen atoms in total. The molecule has 0 aliphatic heterocycles. The number of nitro groups is 1. The summed E-state index contributed by atoms with van der Waals surface area (Å²) in [5.41, 5.74) is 1.33. The highest BCUT2D eigenvalue weighted by molar-refractivity contribution is 7.98. The molecule has 0 fully saturated rings. The molecule has 0 saturated heterocycles. The smallest absolute Gasteiger partial charge is 0.272 e. The van der Waals surface area contributed by atoms with Crippen molar-refractivity contribution in [3.63, 3.8) is 0 Å². The van der Waals surface area contributed by atoms with Crippen LogP contribution in [0.4, 0.5) is 10.1 Å². The molecular weight excluding hydrogens is 391 g/mol. The zero-order chi connectivity index (χ0) is 19.4. The summed E-state index contributed by atoms with van der Waals surface area (Å²) in [6.45, 7) is 0. The number of hydrogen-bond acceptors (Lipinski definition) is 7. The minimum absolute atomic E-state index is 0.266. The first-order valence-electron chi connectivity index (χ1n) is 7.76. The molecule has 9 heteroatoms. The van der Waals surface area contributed by atoms with Gasteiger partial charge in [0.2, 0.25) is 0 Å². The van der Waals surface area contributed by atoms with Gasteiger partial charge in [0, 0.05) is 22.1 Å². The molecule has 1 aromatic heterocycles. The third kappa shape index (κ3) is 4.20. The predicted octanol–water partition coefficient (Wildman–Crippen LogP) is 5.17. The largest absolute Gasteiger partial charge is 0.493 e. The molecule has 0 atom stereocenters. The Kier molecular flexibility index (Phi) is 5.92. The Morgan fingerprint density at radius 2 is 2.07 bits per heavy atom. The van der Waals surface area contributed by atoms with Crippen molar-refractivity contribution in [2.75, 3.05) is 14.2 Å². The van der Waals surface area contributed by atoms with Crippen LogP contribution in [0.2, 0.25) is 0 Å². The second kappa shape index (κ2) is 8.36. The van der Waals surface area contributed by atoms with Gasteiger partial charge in [-0.05, 0) is 18.2 Å². The van der Waals surface area contributed by atoms with E-state index in [1.54, 1.807) is 14.2 Å². The van der Waals surface area contributed by atoms with Crippen molar-refractivity contribution in [1.82, 2.24) is 4.98 Å². The maximum absolute atomic E-state index is 14.0. The van der Waals surface area contributed by atoms with Crippen LogP contribution in [0.3, 0.4) is 0 Å². The van der Waals surface area contributed by atoms with Gasteiger partial charge in [0.15, 0.2) is 11.5 Å². The van der Waals surface area contributed by atoms with E-state index in [0.717, 1.165) is 22.3 Å². The van der Waals surface area contributed by atoms with E-state index < -0.39 is 10.7 Å². The molecule has 2 aromatic carbocycles. The van der Waals surface area contributed by atoms with E-state index in [1.807, 2.05) is 23.6 Å². The number of benzene rings is 2. The minimum atomic E-state index is -0.619. The van der Waals surface area contributed by atoms with Gasteiger partial charge in [-0.2, -0.15) is 0 Å². The first kappa shape index (κ1) is 19.1. The molecule has 0 radical (unpaired) electrons. The summed E-state index contributed by atoms with van der Waals surface area (Å²) in [5, 5.41) is 13.3. The first-order valence-corrected chi connectivity index (χ1v) is 9.62. The molecule has 0 bridgehead atoms. The summed E-state index contributed by atoms with van der Waals surface area (Å²) in [7, 11) is 3.15. The van der Waals surface area contributed by atoms with Crippen LogP contribution in [0.25, 0.3) is 10.6 Å². The zero-order valence-corrected chi connectivity index (χ0v) is 16.1. The van der Waals surface area contributed by atoms with Gasteiger partial charge in [0.1, 0.15) is 10.8 Å². The van der Waals surface area contributed by atoms with Crippen molar-refractivity contribution < 1.29 is 18.8 Å². The van der Waals surface area contributed by atoms with Gasteiger partial charge in [-0.3, -0.25) is 10.1 Å². The number of nitro benzene ring substituents is 1. The maximum Gasteiger partial charge on any atom is 0.272 e. The molecule has 0 saturated carbocycles. The SMILES string of the molecule is COc1cccc(-c2nc(CSc3ccc([N+](=O)[O-])cc3F)cs2)c1OC. The van der Waals surface area contributed by atoms with Gasteiger partial charge in [0.25, 0.3) is 5.69 Å². The van der Waals surface area contributed by atoms with E-state index >= 15 is 0 Å². The number of hydrogen-bond donors (Lipinski definition) is 0. The number of non-ortho nitro benzene ring substituents is 1. The number of aromatic nitrogens is 1. The van der Waals surface area contributed by atoms with Crippen LogP contribution in [0.1, 0.15) is 5.69 Å². The number of thioether (sulfide) groups is 1. The monoisotopic (exact) mass is 406 g/mol. The highest BCUT2D eigenvalue weighted by atomic mass is 32.2. The number of para-hydroxylation sites is 1. The molecular formula is C18H15FN2O4S2. The Hall–Kier alpha value is -2.65. The average Bonchev–Trinajstić information content (AvgIpc) is 3.14. The van der Waals surface area contributed by atoms with Crippen molar-refractivity contribution in [2.45, 2.75) is 10.6 Å². The molecule has 3 rings (SSSR count). The van der Waals surface area contributed by atoms with Crippen LogP contribution in [0.5, 0.6) is 11.5 Å². The third-order valence-corrected chi connectivity index (χ3v) is 5.69. The van der Waals surface area contributed by atoms with Crippen LogP contribution in [-0.4, -0.2) is 24.1 Å². The van der Waals surface area contributed by atoms with Crippen molar-refractivity contribution in [3.05, 3.63) is 63.4 Å². The Morgan fingerprint density at radius 3 is 2.74 bits per heavy atom. The van der Waals surface area contributed by atoms with Crippen molar-refractivity contribution in [2.24, 2.45) is 0 Å². The summed E-state index contributed by atoms with van der Waals surface area (Å²) in [5.74, 6) is 1.06. The summed E-state index contributed by atoms with van der Waals surface area (Å²) in [4.78, 5) is 15.0. The number of thiazole rings is 1. The Morgan fingerprint density at radius 1 is 1.26 bits per heavy atom. The predicted molar refractivity (Wildman–Crippen MR) is 103 cm³/mol. The molecule has 1 heterocycles. The lowest BCUT2D eigenvalue weighted by Gasteiger charge is -2.10. The molecule has 0 amide bonds. The highest BCUT2D eigenvalue weighted by Gasteiger charge is 2.15. The minimum Gasteiger partial charge on any atom is -0.493 e. The van der Waals surface area contributed by atoms with E-state index in [2.05, 4.69) is 4.98 Å². The average molecular weight is 406 g/mol. The van der Waals surface area contributed by atoms with Crippen LogP contribution < -0.4 is 9.47 Å². The Labute approximate surface area is 163 Å². The lowest BCUT2D eigenvalue weighted by atomic mass is 10.2. The second-order valence-corrected chi connectivity index (χ2v) is 7.22. The van der Waals surface area contributed by atoms with E-state index in [-0.39, 0.29) is 5.69 Å². The van der Waals surface area contributed by atoms with Crippen LogP contribution in [0.15, 0.2) is 46.7 Å². The van der Waals surface area contributed by atoms with Crippen LogP contribution in [-0.2, 0) is 5.75 Å². The fourth-order valence-corrected chi connectivity index (χ4v) is 4.18. The first-order chi connectivity index (χ1) is 13.0. The van der Waals surface area contributed by atoms with Gasteiger partial charge >= 0.3 is 0 Å². The normalized spacial score (nSPS) is 10.6. The summed E-state index contributed by atoms with van der Waals surface area (Å²) in [6, 6.07) is 9.20. The topological polar surface area (TPSA) is 74.5 Å². The van der Waals surface area contributed by atoms with Crippen LogP contribution in [0, 0.1) is 15.9 Å². The molecule has 0 aliphatic carbocycles. The fourth-order valence-electron chi connectivity index (χ4n) is 2.42. The number of methoxy groups -OCH3 is 2. The molecule has 0 spiro atoms. The van der Waals surface area contributed by atoms with Gasteiger partial charge in [-0.15, -0.1) is 23.1 Å². The van der Waals surface area contributed by atoms with E-state index in [9.17, 15) is 14.5 Å². The fraction of sp³-hybridized carbons (Fsp3) is 0.167. The Bertz CT molecular complexity index is 978. The lowest BCUT2D eigenvalue weighted by molar-refractivity contribution is -0.385. The molecule has 0 unspecified atom stereocenters. The van der Waals surface area contributed by atoms with Crippen LogP contribution >= 0.6 is 23.1 Å². The lowest BCUT2D eigenvalue weighted by Crippen LogP contribution is -1.93. The summed E-state index contributed by atoms with van der Waals surface area (Å²) in [6.07, 6.45) is 0. The molecule has 3 aromatic rings. The van der Waals surface area contributed by atoms with Crippen molar-refractivity contribution >= 4 is 28.8 Å². The molecule has 27 heavy (non-hydrogen) atoms. The zero-order valence-electron chi connectivity index (χ0n) is 14.5. The maximum atomic E-state index is 14.0. The third-order valence-electron chi connectivity index (χ3n) is 3.69. The highest BCUT2D eigenvalue weighted by Crippen LogP contribution is 2.39. The summed E-state index contributed by atoms with van der Waals surface area (Å²) < 4.78 is 24.7. The van der Waals surface area contributed by atoms with Gasteiger partial charge in [-0.1, -0.05) is 6.07 Å². The second-order valence-electron chi connectivity index (χ2n) is 5.35. The standard InChI is InChI=1S/C18H15FN2O4S2/c1-24-15-5-3-4-13(17(15)25-2)18-20-11(10-27-18)9-26-16-7-6-12(21(22)23)8-14(16)19/h3-8,10H,9H2,1-2H3. The number of ether oxygens (including phenoxy) is 2. The number of rotatable bonds is 7. The number of nitrogens with zero attached hydrogens (tertiary/aromatic N) is 2. The Balaban J connectivity index is 1.77. The molecule has 0 aliphatic rings. The van der Waals surface area contributed by atoms with E-state index in [1.165, 1.54) is 35.2 Å². The van der Waals surface area contributed by atoms with Gasteiger partial charge < -0.3 is 9.47 Å². The molecule has 0 N–H and O–H groups in total. The number of halogens is 1.